The first kappa shape index (κ1) is 16.1. The minimum absolute atomic E-state index is 0.00556. The zero-order valence-corrected chi connectivity index (χ0v) is 13.7. The second-order valence-corrected chi connectivity index (χ2v) is 7.92. The van der Waals surface area contributed by atoms with E-state index in [1.165, 1.54) is 18.2 Å². The predicted molar refractivity (Wildman–Crippen MR) is 85.2 cm³/mol. The van der Waals surface area contributed by atoms with Gasteiger partial charge in [0.05, 0.1) is 0 Å². The summed E-state index contributed by atoms with van der Waals surface area (Å²) in [5, 5.41) is 4.24. The summed E-state index contributed by atoms with van der Waals surface area (Å²) in [6.07, 6.45) is 1.66. The minimum Gasteiger partial charge on any atom is -0.347 e. The van der Waals surface area contributed by atoms with Crippen molar-refractivity contribution in [3.63, 3.8) is 0 Å². The van der Waals surface area contributed by atoms with Crippen LogP contribution in [0.2, 0.25) is 0 Å². The largest absolute Gasteiger partial charge is 0.347 e. The molecule has 0 spiro atoms. The van der Waals surface area contributed by atoms with Gasteiger partial charge in [0.1, 0.15) is 15.6 Å². The van der Waals surface area contributed by atoms with Crippen LogP contribution in [0.25, 0.3) is 0 Å². The maximum Gasteiger partial charge on any atom is 0.263 e. The molecule has 0 unspecified atom stereocenters. The van der Waals surface area contributed by atoms with Gasteiger partial charge in [-0.05, 0) is 42.0 Å². The molecule has 0 radical (unpaired) electrons. The van der Waals surface area contributed by atoms with Crippen LogP contribution in [0.3, 0.4) is 0 Å². The summed E-state index contributed by atoms with van der Waals surface area (Å²) < 4.78 is 39.9. The highest BCUT2D eigenvalue weighted by Crippen LogP contribution is 2.26. The third-order valence-electron chi connectivity index (χ3n) is 3.39. The standard InChI is InChI=1S/C15H15FN2O3S2/c16-11-3-1-10(2-4-11)9-17-15(19)14-13(7-8-22-14)23(20,21)18-12-5-6-12/h1-4,7-8,12,18H,5-6,9H2,(H,17,19). The fraction of sp³-hybridized carbons (Fsp3) is 0.267. The van der Waals surface area contributed by atoms with E-state index in [1.54, 1.807) is 17.5 Å². The van der Waals surface area contributed by atoms with E-state index in [9.17, 15) is 17.6 Å². The average molecular weight is 354 g/mol. The van der Waals surface area contributed by atoms with Gasteiger partial charge in [-0.15, -0.1) is 11.3 Å². The topological polar surface area (TPSA) is 75.3 Å². The number of thiophene rings is 1. The van der Waals surface area contributed by atoms with Gasteiger partial charge in [-0.3, -0.25) is 4.79 Å². The lowest BCUT2D eigenvalue weighted by Gasteiger charge is -2.08. The maximum absolute atomic E-state index is 12.8. The molecule has 8 heteroatoms. The summed E-state index contributed by atoms with van der Waals surface area (Å²) in [7, 11) is -3.67. The molecule has 3 rings (SSSR count). The van der Waals surface area contributed by atoms with E-state index in [0.717, 1.165) is 29.7 Å². The van der Waals surface area contributed by atoms with E-state index in [4.69, 9.17) is 0 Å². The molecule has 1 aromatic heterocycles. The van der Waals surface area contributed by atoms with Gasteiger partial charge in [0, 0.05) is 12.6 Å². The van der Waals surface area contributed by atoms with Crippen molar-refractivity contribution in [1.29, 1.82) is 0 Å². The van der Waals surface area contributed by atoms with E-state index >= 15 is 0 Å². The highest BCUT2D eigenvalue weighted by Gasteiger charge is 2.31. The van der Waals surface area contributed by atoms with Crippen molar-refractivity contribution >= 4 is 27.3 Å². The summed E-state index contributed by atoms with van der Waals surface area (Å²) >= 11 is 1.08. The van der Waals surface area contributed by atoms with Crippen LogP contribution in [0.1, 0.15) is 28.1 Å². The number of nitrogens with one attached hydrogen (secondary N) is 2. The van der Waals surface area contributed by atoms with E-state index in [-0.39, 0.29) is 28.2 Å². The molecular weight excluding hydrogens is 339 g/mol. The van der Waals surface area contributed by atoms with Crippen LogP contribution in [0.5, 0.6) is 0 Å². The lowest BCUT2D eigenvalue weighted by atomic mass is 10.2. The highest BCUT2D eigenvalue weighted by atomic mass is 32.2. The van der Waals surface area contributed by atoms with Gasteiger partial charge in [-0.1, -0.05) is 12.1 Å². The molecule has 1 amide bonds. The monoisotopic (exact) mass is 354 g/mol. The lowest BCUT2D eigenvalue weighted by Crippen LogP contribution is -2.29. The molecule has 5 nitrogen and oxygen atoms in total. The molecule has 2 N–H and O–H groups in total. The van der Waals surface area contributed by atoms with Crippen LogP contribution >= 0.6 is 11.3 Å². The summed E-state index contributed by atoms with van der Waals surface area (Å²) in [5.41, 5.74) is 0.733. The van der Waals surface area contributed by atoms with Crippen molar-refractivity contribution < 1.29 is 17.6 Å². The molecule has 23 heavy (non-hydrogen) atoms. The van der Waals surface area contributed by atoms with Gasteiger partial charge < -0.3 is 5.32 Å². The highest BCUT2D eigenvalue weighted by molar-refractivity contribution is 7.89. The summed E-state index contributed by atoms with van der Waals surface area (Å²) in [6, 6.07) is 7.16. The summed E-state index contributed by atoms with van der Waals surface area (Å²) in [6.45, 7) is 0.201. The SMILES string of the molecule is O=C(NCc1ccc(F)cc1)c1sccc1S(=O)(=O)NC1CC1. The molecule has 1 aliphatic rings. The van der Waals surface area contributed by atoms with Crippen molar-refractivity contribution in [2.45, 2.75) is 30.3 Å². The van der Waals surface area contributed by atoms with Crippen LogP contribution in [0.4, 0.5) is 4.39 Å². The normalized spacial score (nSPS) is 14.7. The van der Waals surface area contributed by atoms with Gasteiger partial charge in [-0.2, -0.15) is 0 Å². The summed E-state index contributed by atoms with van der Waals surface area (Å²) in [4.78, 5) is 12.4. The van der Waals surface area contributed by atoms with Crippen LogP contribution in [-0.4, -0.2) is 20.4 Å². The molecule has 1 aromatic carbocycles. The number of carbonyl (C=O) groups excluding carboxylic acids is 1. The molecule has 0 aliphatic heterocycles. The van der Waals surface area contributed by atoms with Gasteiger partial charge >= 0.3 is 0 Å². The van der Waals surface area contributed by atoms with Crippen molar-refractivity contribution in [2.75, 3.05) is 0 Å². The Labute approximate surface area is 137 Å². The predicted octanol–water partition coefficient (Wildman–Crippen LogP) is 2.26. The Bertz CT molecular complexity index is 812. The Hall–Kier alpha value is -1.77. The second kappa shape index (κ2) is 6.38. The Balaban J connectivity index is 1.70. The molecule has 2 aromatic rings. The fourth-order valence-corrected chi connectivity index (χ4v) is 4.67. The van der Waals surface area contributed by atoms with Crippen LogP contribution < -0.4 is 10.0 Å². The Morgan fingerprint density at radius 3 is 2.57 bits per heavy atom. The average Bonchev–Trinajstić information content (AvgIpc) is 3.16. The number of amides is 1. The fourth-order valence-electron chi connectivity index (χ4n) is 2.02. The first-order chi connectivity index (χ1) is 11.0. The number of halogens is 1. The van der Waals surface area contributed by atoms with Crippen molar-refractivity contribution in [1.82, 2.24) is 10.0 Å². The Kier molecular flexibility index (Phi) is 4.47. The third-order valence-corrected chi connectivity index (χ3v) is 6.00. The quantitative estimate of drug-likeness (QED) is 0.835. The Morgan fingerprint density at radius 2 is 1.91 bits per heavy atom. The molecule has 0 saturated heterocycles. The third kappa shape index (κ3) is 3.95. The minimum atomic E-state index is -3.67. The zero-order chi connectivity index (χ0) is 16.4. The van der Waals surface area contributed by atoms with Gasteiger partial charge in [0.25, 0.3) is 5.91 Å². The number of hydrogen-bond acceptors (Lipinski definition) is 4. The Morgan fingerprint density at radius 1 is 1.22 bits per heavy atom. The molecular formula is C15H15FN2O3S2. The van der Waals surface area contributed by atoms with Crippen LogP contribution in [-0.2, 0) is 16.6 Å². The van der Waals surface area contributed by atoms with E-state index in [1.807, 2.05) is 0 Å². The number of benzene rings is 1. The molecule has 1 saturated carbocycles. The number of hydrogen-bond donors (Lipinski definition) is 2. The van der Waals surface area contributed by atoms with Gasteiger partial charge in [0.15, 0.2) is 0 Å². The van der Waals surface area contributed by atoms with Gasteiger partial charge in [-0.25, -0.2) is 17.5 Å². The van der Waals surface area contributed by atoms with E-state index in [0.29, 0.717) is 0 Å². The molecule has 1 fully saturated rings. The van der Waals surface area contributed by atoms with Crippen LogP contribution in [0.15, 0.2) is 40.6 Å². The number of rotatable bonds is 6. The number of carbonyl (C=O) groups is 1. The first-order valence-corrected chi connectivity index (χ1v) is 9.44. The smallest absolute Gasteiger partial charge is 0.263 e. The number of sulfonamides is 1. The summed E-state index contributed by atoms with van der Waals surface area (Å²) in [5.74, 6) is -0.807. The maximum atomic E-state index is 12.8. The van der Waals surface area contributed by atoms with Crippen molar-refractivity contribution in [3.8, 4) is 0 Å². The van der Waals surface area contributed by atoms with E-state index < -0.39 is 15.9 Å². The van der Waals surface area contributed by atoms with Crippen molar-refractivity contribution in [2.24, 2.45) is 0 Å². The molecule has 1 aliphatic carbocycles. The van der Waals surface area contributed by atoms with E-state index in [2.05, 4.69) is 10.0 Å². The zero-order valence-electron chi connectivity index (χ0n) is 12.1. The van der Waals surface area contributed by atoms with Crippen molar-refractivity contribution in [3.05, 3.63) is 52.0 Å². The second-order valence-electron chi connectivity index (χ2n) is 5.32. The van der Waals surface area contributed by atoms with Crippen LogP contribution in [0, 0.1) is 5.82 Å². The lowest BCUT2D eigenvalue weighted by molar-refractivity contribution is 0.0952. The molecule has 0 atom stereocenters. The first-order valence-electron chi connectivity index (χ1n) is 7.08. The molecule has 0 bridgehead atoms. The van der Waals surface area contributed by atoms with Gasteiger partial charge in [0.2, 0.25) is 10.0 Å². The molecule has 1 heterocycles. The molecule has 122 valence electrons.